The first kappa shape index (κ1) is 19.7. The summed E-state index contributed by atoms with van der Waals surface area (Å²) in [7, 11) is 0. The van der Waals surface area contributed by atoms with Crippen molar-refractivity contribution < 1.29 is 19.1 Å². The number of amides is 3. The molecule has 150 valence electrons. The number of rotatable bonds is 5. The lowest BCUT2D eigenvalue weighted by Gasteiger charge is -2.15. The molecule has 30 heavy (non-hydrogen) atoms. The largest absolute Gasteiger partial charge is 0.483 e. The van der Waals surface area contributed by atoms with Gasteiger partial charge in [0.25, 0.3) is 17.7 Å². The lowest BCUT2D eigenvalue weighted by atomic mass is 10.1. The van der Waals surface area contributed by atoms with Gasteiger partial charge in [0, 0.05) is 10.7 Å². The number of imide groups is 1. The van der Waals surface area contributed by atoms with E-state index in [-0.39, 0.29) is 24.3 Å². The van der Waals surface area contributed by atoms with Crippen LogP contribution in [-0.2, 0) is 4.79 Å². The van der Waals surface area contributed by atoms with Crippen LogP contribution in [0.15, 0.2) is 66.7 Å². The minimum absolute atomic E-state index is 0.164. The van der Waals surface area contributed by atoms with E-state index < -0.39 is 0 Å². The zero-order chi connectivity index (χ0) is 21.3. The number of benzene rings is 3. The van der Waals surface area contributed by atoms with Gasteiger partial charge in [0.2, 0.25) is 0 Å². The number of hydrogen-bond donors (Lipinski definition) is 1. The third-order valence-corrected chi connectivity index (χ3v) is 4.93. The van der Waals surface area contributed by atoms with Crippen LogP contribution in [0, 0.1) is 6.92 Å². The summed E-state index contributed by atoms with van der Waals surface area (Å²) in [5, 5.41) is 3.32. The minimum Gasteiger partial charge on any atom is -0.483 e. The molecule has 3 aromatic rings. The second-order valence-corrected chi connectivity index (χ2v) is 7.22. The molecule has 0 aromatic heterocycles. The van der Waals surface area contributed by atoms with Crippen LogP contribution in [-0.4, -0.2) is 24.3 Å². The molecule has 7 heteroatoms. The molecule has 0 bridgehead atoms. The SMILES string of the molecule is Cc1cc(Cl)ccc1OCC(=O)Nc1ccc(N2C(=O)c3ccccc3C2=O)cc1. The Labute approximate surface area is 178 Å². The Morgan fingerprint density at radius 2 is 1.60 bits per heavy atom. The molecule has 0 unspecified atom stereocenters. The van der Waals surface area contributed by atoms with E-state index in [1.54, 1.807) is 66.7 Å². The molecule has 4 rings (SSSR count). The number of nitrogens with one attached hydrogen (secondary N) is 1. The Hall–Kier alpha value is -3.64. The quantitative estimate of drug-likeness (QED) is 0.618. The standard InChI is InChI=1S/C23H17ClN2O4/c1-14-12-15(24)6-11-20(14)30-13-21(27)25-16-7-9-17(10-8-16)26-22(28)18-4-2-3-5-19(18)23(26)29/h2-12H,13H2,1H3,(H,25,27). The minimum atomic E-state index is -0.362. The first-order valence-electron chi connectivity index (χ1n) is 9.21. The van der Waals surface area contributed by atoms with Crippen LogP contribution in [0.5, 0.6) is 5.75 Å². The number of anilines is 2. The summed E-state index contributed by atoms with van der Waals surface area (Å²) >= 11 is 5.91. The molecule has 0 aliphatic carbocycles. The van der Waals surface area contributed by atoms with Crippen LogP contribution in [0.4, 0.5) is 11.4 Å². The Balaban J connectivity index is 1.40. The van der Waals surface area contributed by atoms with E-state index in [1.807, 2.05) is 6.92 Å². The van der Waals surface area contributed by atoms with Gasteiger partial charge in [-0.25, -0.2) is 4.90 Å². The summed E-state index contributed by atoms with van der Waals surface area (Å²) < 4.78 is 5.53. The van der Waals surface area contributed by atoms with Gasteiger partial charge in [0.1, 0.15) is 5.75 Å². The van der Waals surface area contributed by atoms with Gasteiger partial charge in [0.05, 0.1) is 16.8 Å². The fraction of sp³-hybridized carbons (Fsp3) is 0.0870. The van der Waals surface area contributed by atoms with Crippen molar-refractivity contribution in [2.24, 2.45) is 0 Å². The molecule has 0 fully saturated rings. The predicted molar refractivity (Wildman–Crippen MR) is 114 cm³/mol. The second-order valence-electron chi connectivity index (χ2n) is 6.78. The van der Waals surface area contributed by atoms with Crippen LogP contribution in [0.2, 0.25) is 5.02 Å². The molecule has 0 saturated carbocycles. The average Bonchev–Trinajstić information content (AvgIpc) is 2.99. The van der Waals surface area contributed by atoms with Crippen molar-refractivity contribution in [1.29, 1.82) is 0 Å². The van der Waals surface area contributed by atoms with Crippen molar-refractivity contribution in [2.45, 2.75) is 6.92 Å². The van der Waals surface area contributed by atoms with Gasteiger partial charge in [-0.05, 0) is 67.1 Å². The molecule has 3 amide bonds. The molecule has 1 heterocycles. The lowest BCUT2D eigenvalue weighted by Crippen LogP contribution is -2.29. The van der Waals surface area contributed by atoms with Crippen LogP contribution in [0.3, 0.4) is 0 Å². The zero-order valence-corrected chi connectivity index (χ0v) is 16.8. The van der Waals surface area contributed by atoms with Gasteiger partial charge in [-0.2, -0.15) is 0 Å². The van der Waals surface area contributed by atoms with Crippen molar-refractivity contribution in [3.63, 3.8) is 0 Å². The summed E-state index contributed by atoms with van der Waals surface area (Å²) in [5.41, 5.74) is 2.56. The van der Waals surface area contributed by atoms with Gasteiger partial charge in [-0.3, -0.25) is 14.4 Å². The summed E-state index contributed by atoms with van der Waals surface area (Å²) in [6, 6.07) is 18.4. The number of hydrogen-bond acceptors (Lipinski definition) is 4. The van der Waals surface area contributed by atoms with E-state index in [9.17, 15) is 14.4 Å². The second kappa shape index (κ2) is 8.00. The van der Waals surface area contributed by atoms with Gasteiger partial charge in [-0.1, -0.05) is 23.7 Å². The summed E-state index contributed by atoms with van der Waals surface area (Å²) in [6.45, 7) is 1.68. The van der Waals surface area contributed by atoms with Gasteiger partial charge >= 0.3 is 0 Å². The molecule has 1 aliphatic heterocycles. The number of fused-ring (bicyclic) bond motifs is 1. The first-order valence-corrected chi connectivity index (χ1v) is 9.58. The van der Waals surface area contributed by atoms with E-state index in [1.165, 1.54) is 0 Å². The first-order chi connectivity index (χ1) is 14.4. The number of aryl methyl sites for hydroxylation is 1. The number of ether oxygens (including phenoxy) is 1. The predicted octanol–water partition coefficient (Wildman–Crippen LogP) is 4.47. The maximum Gasteiger partial charge on any atom is 0.266 e. The smallest absolute Gasteiger partial charge is 0.266 e. The van der Waals surface area contributed by atoms with Crippen LogP contribution in [0.1, 0.15) is 26.3 Å². The third-order valence-electron chi connectivity index (χ3n) is 4.70. The van der Waals surface area contributed by atoms with Crippen molar-refractivity contribution in [2.75, 3.05) is 16.8 Å². The molecule has 0 saturated heterocycles. The highest BCUT2D eigenvalue weighted by Gasteiger charge is 2.36. The van der Waals surface area contributed by atoms with Crippen molar-refractivity contribution >= 4 is 40.7 Å². The highest BCUT2D eigenvalue weighted by atomic mass is 35.5. The molecule has 3 aromatic carbocycles. The fourth-order valence-electron chi connectivity index (χ4n) is 3.23. The monoisotopic (exact) mass is 420 g/mol. The Bertz CT molecular complexity index is 1120. The van der Waals surface area contributed by atoms with Crippen molar-refractivity contribution in [1.82, 2.24) is 0 Å². The van der Waals surface area contributed by atoms with Crippen molar-refractivity contribution in [3.8, 4) is 5.75 Å². The van der Waals surface area contributed by atoms with E-state index in [0.29, 0.717) is 33.3 Å². The molecule has 0 radical (unpaired) electrons. The summed E-state index contributed by atoms with van der Waals surface area (Å²) in [6.07, 6.45) is 0. The van der Waals surface area contributed by atoms with E-state index in [2.05, 4.69) is 5.32 Å². The van der Waals surface area contributed by atoms with Crippen LogP contribution < -0.4 is 15.0 Å². The van der Waals surface area contributed by atoms with E-state index in [4.69, 9.17) is 16.3 Å². The van der Waals surface area contributed by atoms with Crippen LogP contribution in [0.25, 0.3) is 0 Å². The Morgan fingerprint density at radius 3 is 2.20 bits per heavy atom. The molecule has 6 nitrogen and oxygen atoms in total. The molecule has 1 N–H and O–H groups in total. The summed E-state index contributed by atoms with van der Waals surface area (Å²) in [4.78, 5) is 38.4. The number of halogens is 1. The van der Waals surface area contributed by atoms with Crippen LogP contribution >= 0.6 is 11.6 Å². The highest BCUT2D eigenvalue weighted by molar-refractivity contribution is 6.34. The summed E-state index contributed by atoms with van der Waals surface area (Å²) in [5.74, 6) is -0.480. The number of carbonyl (C=O) groups excluding carboxylic acids is 3. The molecule has 1 aliphatic rings. The van der Waals surface area contributed by atoms with E-state index >= 15 is 0 Å². The lowest BCUT2D eigenvalue weighted by molar-refractivity contribution is -0.118. The zero-order valence-electron chi connectivity index (χ0n) is 16.0. The third kappa shape index (κ3) is 3.77. The number of nitrogens with zero attached hydrogens (tertiary/aromatic N) is 1. The molecule has 0 atom stereocenters. The van der Waals surface area contributed by atoms with Gasteiger partial charge < -0.3 is 10.1 Å². The number of carbonyl (C=O) groups is 3. The maximum atomic E-state index is 12.5. The molecular formula is C23H17ClN2O4. The van der Waals surface area contributed by atoms with Gasteiger partial charge in [-0.15, -0.1) is 0 Å². The normalized spacial score (nSPS) is 12.7. The molecule has 0 spiro atoms. The average molecular weight is 421 g/mol. The van der Waals surface area contributed by atoms with Gasteiger partial charge in [0.15, 0.2) is 6.61 Å². The van der Waals surface area contributed by atoms with Crippen molar-refractivity contribution in [3.05, 3.63) is 88.4 Å². The Morgan fingerprint density at radius 1 is 0.967 bits per heavy atom. The highest BCUT2D eigenvalue weighted by Crippen LogP contribution is 2.29. The Kier molecular flexibility index (Phi) is 5.25. The molecular weight excluding hydrogens is 404 g/mol. The van der Waals surface area contributed by atoms with E-state index in [0.717, 1.165) is 10.5 Å². The maximum absolute atomic E-state index is 12.5. The fourth-order valence-corrected chi connectivity index (χ4v) is 3.46. The topological polar surface area (TPSA) is 75.7 Å².